The van der Waals surface area contributed by atoms with Crippen LogP contribution in [0.15, 0.2) is 47.0 Å². The van der Waals surface area contributed by atoms with Crippen LogP contribution >= 0.6 is 11.6 Å². The van der Waals surface area contributed by atoms with Gasteiger partial charge in [-0.1, -0.05) is 56.7 Å². The van der Waals surface area contributed by atoms with Gasteiger partial charge in [-0.3, -0.25) is 9.59 Å². The molecule has 2 aliphatic rings. The van der Waals surface area contributed by atoms with Crippen LogP contribution in [0.1, 0.15) is 95.8 Å². The molecule has 2 N–H and O–H groups in total. The number of carbonyl (C=O) groups is 2. The highest BCUT2D eigenvalue weighted by atomic mass is 35.5. The maximum atomic E-state index is 13.7. The number of carbonyl (C=O) groups excluding carboxylic acids is 2. The minimum absolute atomic E-state index is 0.00230. The van der Waals surface area contributed by atoms with Crippen LogP contribution in [0.5, 0.6) is 0 Å². The summed E-state index contributed by atoms with van der Waals surface area (Å²) in [5, 5.41) is 5.56. The Kier molecular flexibility index (Phi) is 10.5. The molecule has 0 bridgehead atoms. The number of hydrogen-bond acceptors (Lipinski definition) is 6. The number of piperidine rings is 1. The Hall–Kier alpha value is -3.60. The van der Waals surface area contributed by atoms with Crippen molar-refractivity contribution in [3.63, 3.8) is 0 Å². The molecule has 1 aliphatic heterocycles. The van der Waals surface area contributed by atoms with Gasteiger partial charge in [0.25, 0.3) is 11.8 Å². The molecule has 1 saturated heterocycles. The molecule has 1 saturated carbocycles. The SMILES string of the molecule is O=C(NC1CCN(c2ccc(NC(=O)c3oc(CCC4CCCCCC4)nc3C(F)(F)F)cn2)CC1)c1ccccc1CCl. The number of amides is 2. The Bertz CT molecular complexity index is 1410. The Labute approximate surface area is 259 Å². The van der Waals surface area contributed by atoms with Crippen molar-refractivity contribution >= 4 is 34.9 Å². The topological polar surface area (TPSA) is 100 Å². The summed E-state index contributed by atoms with van der Waals surface area (Å²) in [6, 6.07) is 10.5. The summed E-state index contributed by atoms with van der Waals surface area (Å²) >= 11 is 5.97. The number of pyridine rings is 1. The third-order valence-corrected chi connectivity index (χ3v) is 8.74. The van der Waals surface area contributed by atoms with Crippen LogP contribution in [0.4, 0.5) is 24.7 Å². The van der Waals surface area contributed by atoms with E-state index >= 15 is 0 Å². The van der Waals surface area contributed by atoms with E-state index < -0.39 is 23.5 Å². The standard InChI is InChI=1S/C32H37ClF3N5O3/c33-19-22-9-5-6-10-25(22)30(42)38-23-15-17-41(18-16-23)26-13-12-24(20-37-26)39-31(43)28-29(32(34,35)36)40-27(44-28)14-11-21-7-3-1-2-4-8-21/h5-6,9-10,12-13,20-21,23H,1-4,7-8,11,14-19H2,(H,38,42)(H,39,43). The Morgan fingerprint density at radius 3 is 2.36 bits per heavy atom. The van der Waals surface area contributed by atoms with Crippen LogP contribution in [0.2, 0.25) is 0 Å². The average Bonchev–Trinajstić information content (AvgIpc) is 3.31. The Morgan fingerprint density at radius 1 is 0.977 bits per heavy atom. The molecule has 2 fully saturated rings. The lowest BCUT2D eigenvalue weighted by Gasteiger charge is -2.33. The fourth-order valence-electron chi connectivity index (χ4n) is 6.01. The summed E-state index contributed by atoms with van der Waals surface area (Å²) in [6.07, 6.45) is 5.72. The number of aryl methyl sites for hydroxylation is 1. The molecule has 12 heteroatoms. The second kappa shape index (κ2) is 14.5. The van der Waals surface area contributed by atoms with E-state index in [0.29, 0.717) is 49.7 Å². The number of aromatic nitrogens is 2. The average molecular weight is 632 g/mol. The van der Waals surface area contributed by atoms with Gasteiger partial charge < -0.3 is 20.0 Å². The molecular formula is C32H37ClF3N5O3. The second-order valence-electron chi connectivity index (χ2n) is 11.6. The van der Waals surface area contributed by atoms with Crippen molar-refractivity contribution in [2.75, 3.05) is 23.3 Å². The van der Waals surface area contributed by atoms with E-state index in [1.54, 1.807) is 18.2 Å². The first kappa shape index (κ1) is 31.8. The van der Waals surface area contributed by atoms with Gasteiger partial charge in [-0.2, -0.15) is 13.2 Å². The van der Waals surface area contributed by atoms with E-state index in [1.807, 2.05) is 18.2 Å². The largest absolute Gasteiger partial charge is 0.437 e. The Balaban J connectivity index is 1.15. The van der Waals surface area contributed by atoms with E-state index in [-0.39, 0.29) is 35.8 Å². The molecule has 3 heterocycles. The van der Waals surface area contributed by atoms with Gasteiger partial charge in [0, 0.05) is 37.0 Å². The van der Waals surface area contributed by atoms with Crippen molar-refractivity contribution in [3.05, 3.63) is 71.1 Å². The van der Waals surface area contributed by atoms with Crippen LogP contribution in [0.3, 0.4) is 0 Å². The molecule has 1 aromatic carbocycles. The molecule has 236 valence electrons. The number of halogens is 4. The molecule has 0 radical (unpaired) electrons. The second-order valence-corrected chi connectivity index (χ2v) is 11.8. The minimum Gasteiger partial charge on any atom is -0.435 e. The van der Waals surface area contributed by atoms with Crippen LogP contribution in [0.25, 0.3) is 0 Å². The summed E-state index contributed by atoms with van der Waals surface area (Å²) in [6.45, 7) is 1.30. The fourth-order valence-corrected chi connectivity index (χ4v) is 6.24. The van der Waals surface area contributed by atoms with Crippen LogP contribution in [-0.4, -0.2) is 40.9 Å². The predicted octanol–water partition coefficient (Wildman–Crippen LogP) is 7.38. The third kappa shape index (κ3) is 8.11. The van der Waals surface area contributed by atoms with Crippen LogP contribution in [0, 0.1) is 5.92 Å². The normalized spacial score (nSPS) is 16.9. The third-order valence-electron chi connectivity index (χ3n) is 8.45. The number of nitrogens with one attached hydrogen (secondary N) is 2. The van der Waals surface area contributed by atoms with Crippen LogP contribution in [-0.2, 0) is 18.5 Å². The molecule has 2 aromatic heterocycles. The molecule has 3 aromatic rings. The first-order valence-electron chi connectivity index (χ1n) is 15.2. The maximum Gasteiger partial charge on any atom is 0.437 e. The lowest BCUT2D eigenvalue weighted by Crippen LogP contribution is -2.45. The van der Waals surface area contributed by atoms with Crippen molar-refractivity contribution < 1.29 is 27.2 Å². The quantitative estimate of drug-likeness (QED) is 0.189. The van der Waals surface area contributed by atoms with Gasteiger partial charge in [-0.25, -0.2) is 9.97 Å². The van der Waals surface area contributed by atoms with Gasteiger partial charge in [-0.05, 0) is 48.9 Å². The predicted molar refractivity (Wildman–Crippen MR) is 162 cm³/mol. The first-order valence-corrected chi connectivity index (χ1v) is 15.8. The van der Waals surface area contributed by atoms with Gasteiger partial charge in [-0.15, -0.1) is 11.6 Å². The molecule has 8 nitrogen and oxygen atoms in total. The highest BCUT2D eigenvalue weighted by molar-refractivity contribution is 6.17. The fraction of sp³-hybridized carbons (Fsp3) is 0.500. The van der Waals surface area contributed by atoms with Crippen LogP contribution < -0.4 is 15.5 Å². The molecule has 0 spiro atoms. The van der Waals surface area contributed by atoms with Crippen molar-refractivity contribution in [1.29, 1.82) is 0 Å². The van der Waals surface area contributed by atoms with Crippen molar-refractivity contribution in [3.8, 4) is 0 Å². The monoisotopic (exact) mass is 631 g/mol. The molecule has 44 heavy (non-hydrogen) atoms. The lowest BCUT2D eigenvalue weighted by molar-refractivity contribution is -0.141. The van der Waals surface area contributed by atoms with Gasteiger partial charge in [0.1, 0.15) is 5.82 Å². The van der Waals surface area contributed by atoms with Crippen molar-refractivity contribution in [2.24, 2.45) is 5.92 Å². The lowest BCUT2D eigenvalue weighted by atomic mass is 9.95. The van der Waals surface area contributed by atoms with E-state index in [9.17, 15) is 22.8 Å². The smallest absolute Gasteiger partial charge is 0.435 e. The van der Waals surface area contributed by atoms with Gasteiger partial charge >= 0.3 is 6.18 Å². The molecule has 0 unspecified atom stereocenters. The zero-order valence-corrected chi connectivity index (χ0v) is 25.2. The Morgan fingerprint density at radius 2 is 1.70 bits per heavy atom. The maximum absolute atomic E-state index is 13.7. The number of anilines is 2. The van der Waals surface area contributed by atoms with Gasteiger partial charge in [0.2, 0.25) is 5.76 Å². The van der Waals surface area contributed by atoms with E-state index in [4.69, 9.17) is 16.0 Å². The zero-order valence-electron chi connectivity index (χ0n) is 24.5. The highest BCUT2D eigenvalue weighted by Gasteiger charge is 2.41. The van der Waals surface area contributed by atoms with Crippen molar-refractivity contribution in [1.82, 2.24) is 15.3 Å². The molecule has 2 amide bonds. The highest BCUT2D eigenvalue weighted by Crippen LogP contribution is 2.34. The zero-order chi connectivity index (χ0) is 31.1. The number of hydrogen-bond donors (Lipinski definition) is 2. The van der Waals surface area contributed by atoms with Crippen molar-refractivity contribution in [2.45, 2.75) is 82.3 Å². The molecular weight excluding hydrogens is 595 g/mol. The minimum atomic E-state index is -4.82. The number of benzene rings is 1. The van der Waals surface area contributed by atoms with E-state index in [0.717, 1.165) is 31.2 Å². The number of rotatable bonds is 9. The molecule has 5 rings (SSSR count). The van der Waals surface area contributed by atoms with E-state index in [1.165, 1.54) is 19.0 Å². The summed E-state index contributed by atoms with van der Waals surface area (Å²) in [5.74, 6) is -0.718. The summed E-state index contributed by atoms with van der Waals surface area (Å²) < 4.78 is 46.6. The first-order chi connectivity index (χ1) is 21.2. The molecule has 1 aliphatic carbocycles. The van der Waals surface area contributed by atoms with Gasteiger partial charge in [0.15, 0.2) is 11.6 Å². The molecule has 0 atom stereocenters. The summed E-state index contributed by atoms with van der Waals surface area (Å²) in [4.78, 5) is 35.8. The number of nitrogens with zero attached hydrogens (tertiary/aromatic N) is 3. The summed E-state index contributed by atoms with van der Waals surface area (Å²) in [7, 11) is 0. The van der Waals surface area contributed by atoms with E-state index in [2.05, 4.69) is 25.5 Å². The number of alkyl halides is 4. The number of oxazole rings is 1. The van der Waals surface area contributed by atoms with Gasteiger partial charge in [0.05, 0.1) is 11.9 Å². The summed E-state index contributed by atoms with van der Waals surface area (Å²) in [5.41, 5.74) is 0.284.